The second-order valence-electron chi connectivity index (χ2n) is 24.0. The average molecular weight is 1200 g/mol. The minimum Gasteiger partial charge on any atom is -0.344 e. The maximum Gasteiger partial charge on any atom is 0.238 e. The van der Waals surface area contributed by atoms with Gasteiger partial charge in [0.25, 0.3) is 0 Å². The number of nitrogens with zero attached hydrogens (tertiary/aromatic N) is 9. The maximum absolute atomic E-state index is 5.43. The minimum atomic E-state index is -0.313. The highest BCUT2D eigenvalue weighted by molar-refractivity contribution is 6.31. The van der Waals surface area contributed by atoms with Crippen molar-refractivity contribution in [2.45, 2.75) is 6.17 Å². The fourth-order valence-corrected chi connectivity index (χ4v) is 14.5. The molecule has 1 aliphatic rings. The number of hydrogen-bond acceptors (Lipinski definition) is 6. The van der Waals surface area contributed by atoms with E-state index in [-0.39, 0.29) is 6.17 Å². The lowest BCUT2D eigenvalue weighted by Crippen LogP contribution is -2.33. The Balaban J connectivity index is 0.873. The van der Waals surface area contributed by atoms with Crippen LogP contribution in [0.4, 0.5) is 0 Å². The molecule has 440 valence electrons. The zero-order chi connectivity index (χ0) is 61.8. The molecule has 19 rings (SSSR count). The van der Waals surface area contributed by atoms with E-state index in [1.165, 1.54) is 5.39 Å². The predicted molar refractivity (Wildman–Crippen MR) is 385 cm³/mol. The van der Waals surface area contributed by atoms with E-state index in [1.807, 2.05) is 60.7 Å². The lowest BCUT2D eigenvalue weighted by molar-refractivity contribution is 0.674. The zero-order valence-corrected chi connectivity index (χ0v) is 50.6. The van der Waals surface area contributed by atoms with E-state index in [1.54, 1.807) is 0 Å². The number of fused-ring (bicyclic) bond motifs is 15. The van der Waals surface area contributed by atoms with Gasteiger partial charge in [-0.25, -0.2) is 15.0 Å². The Hall–Kier alpha value is -12.8. The summed E-state index contributed by atoms with van der Waals surface area (Å²) in [5.74, 6) is 3.18. The topological polar surface area (TPSA) is 95.1 Å². The molecule has 6 heterocycles. The van der Waals surface area contributed by atoms with Crippen molar-refractivity contribution in [2.24, 2.45) is 9.98 Å². The standard InChI is InChI=1S/C84H54N10/c1-7-25-53(26-8-1)79-85-80(54-27-9-2-10-28-54)87-83(86-79)59-35-23-33-57(51-59)58-34-24-40-62(52-58)91-71-43-21-19-41-63(71)65-45-47-67-68-49-50-69-70-48-46-66-64-42-20-22-44-72(64)94(84-89-81(55-29-11-3-12-30-55)88-82(90-84)56-31-13-4-14-32-56)78(66)77(70)93(61-38-17-6-18-39-61)76(69)75(68)92(74(67)73(65)91)60-36-15-5-16-37-60/h1-52,79H,(H,85,86,87). The molecule has 0 bridgehead atoms. The third-order valence-corrected chi connectivity index (χ3v) is 18.6. The van der Waals surface area contributed by atoms with Crippen molar-refractivity contribution in [3.8, 4) is 56.9 Å². The summed E-state index contributed by atoms with van der Waals surface area (Å²) in [6, 6.07) is 112. The molecule has 1 atom stereocenters. The van der Waals surface area contributed by atoms with Crippen molar-refractivity contribution in [1.82, 2.24) is 38.5 Å². The van der Waals surface area contributed by atoms with Gasteiger partial charge in [0.1, 0.15) is 12.0 Å². The largest absolute Gasteiger partial charge is 0.344 e. The van der Waals surface area contributed by atoms with E-state index in [2.05, 4.69) is 278 Å². The summed E-state index contributed by atoms with van der Waals surface area (Å²) >= 11 is 0. The van der Waals surface area contributed by atoms with Crippen molar-refractivity contribution in [3.05, 3.63) is 332 Å². The van der Waals surface area contributed by atoms with Crippen LogP contribution in [0, 0.1) is 0 Å². The molecule has 0 spiro atoms. The van der Waals surface area contributed by atoms with Gasteiger partial charge < -0.3 is 19.0 Å². The first-order chi connectivity index (χ1) is 46.6. The lowest BCUT2D eigenvalue weighted by atomic mass is 10.0. The van der Waals surface area contributed by atoms with Gasteiger partial charge in [-0.15, -0.1) is 0 Å². The minimum absolute atomic E-state index is 0.313. The Morgan fingerprint density at radius 3 is 1.16 bits per heavy atom. The highest BCUT2D eigenvalue weighted by Gasteiger charge is 2.29. The fourth-order valence-electron chi connectivity index (χ4n) is 14.5. The Morgan fingerprint density at radius 2 is 0.638 bits per heavy atom. The molecular formula is C84H54N10. The molecule has 1 N–H and O–H groups in total. The quantitative estimate of drug-likeness (QED) is 0.148. The van der Waals surface area contributed by atoms with Gasteiger partial charge in [-0.3, -0.25) is 4.57 Å². The molecule has 94 heavy (non-hydrogen) atoms. The van der Waals surface area contributed by atoms with Crippen molar-refractivity contribution in [2.75, 3.05) is 0 Å². The van der Waals surface area contributed by atoms with Crippen LogP contribution in [-0.4, -0.2) is 44.9 Å². The molecule has 0 radical (unpaired) electrons. The lowest BCUT2D eigenvalue weighted by Gasteiger charge is -2.24. The molecule has 1 unspecified atom stereocenters. The van der Waals surface area contributed by atoms with Crippen molar-refractivity contribution < 1.29 is 0 Å². The van der Waals surface area contributed by atoms with Crippen LogP contribution >= 0.6 is 0 Å². The van der Waals surface area contributed by atoms with Crippen LogP contribution in [0.15, 0.2) is 325 Å². The first kappa shape index (κ1) is 53.1. The van der Waals surface area contributed by atoms with Crippen LogP contribution < -0.4 is 5.32 Å². The van der Waals surface area contributed by atoms with Gasteiger partial charge in [0, 0.05) is 82.4 Å². The SMILES string of the molecule is c1ccc(C2=NC(c3ccccc3)NC(c3cccc(-c4cccc(-n5c6ccccc6c6ccc7c8ccc9c%10ccc%11c%12ccccc%12n(-c%12nc(-c%13ccccc%13)nc(-c%13ccccc%13)n%12)c%11c%10n(-c%10ccccc%10)c9c8n(-c8ccccc8)c7c65)c4)c3)=N2)cc1. The number of amidine groups is 2. The molecule has 0 fully saturated rings. The summed E-state index contributed by atoms with van der Waals surface area (Å²) in [4.78, 5) is 26.4. The van der Waals surface area contributed by atoms with Crippen molar-refractivity contribution >= 4 is 98.9 Å². The third-order valence-electron chi connectivity index (χ3n) is 18.6. The van der Waals surface area contributed by atoms with Gasteiger partial charge >= 0.3 is 0 Å². The van der Waals surface area contributed by atoms with Gasteiger partial charge in [-0.2, -0.15) is 9.97 Å². The molecule has 10 heteroatoms. The number of benzene rings is 13. The summed E-state index contributed by atoms with van der Waals surface area (Å²) in [6.45, 7) is 0. The van der Waals surface area contributed by atoms with Gasteiger partial charge in [0.15, 0.2) is 17.5 Å². The summed E-state index contributed by atoms with van der Waals surface area (Å²) in [5, 5.41) is 12.7. The highest BCUT2D eigenvalue weighted by Crippen LogP contribution is 2.48. The van der Waals surface area contributed by atoms with Crippen LogP contribution in [0.3, 0.4) is 0 Å². The number of nitrogens with one attached hydrogen (secondary N) is 1. The van der Waals surface area contributed by atoms with Crippen LogP contribution in [0.25, 0.3) is 144 Å². The smallest absolute Gasteiger partial charge is 0.238 e. The van der Waals surface area contributed by atoms with Gasteiger partial charge in [0.2, 0.25) is 5.95 Å². The number of hydrogen-bond donors (Lipinski definition) is 1. The predicted octanol–water partition coefficient (Wildman–Crippen LogP) is 19.8. The molecular weight excluding hydrogens is 1150 g/mol. The number of para-hydroxylation sites is 4. The van der Waals surface area contributed by atoms with Gasteiger partial charge in [-0.1, -0.05) is 261 Å². The Bertz CT molecular complexity index is 6050. The number of aromatic nitrogens is 7. The molecule has 1 aliphatic heterocycles. The van der Waals surface area contributed by atoms with E-state index in [4.69, 9.17) is 24.9 Å². The van der Waals surface area contributed by atoms with Crippen LogP contribution in [0.1, 0.15) is 22.9 Å². The second-order valence-corrected chi connectivity index (χ2v) is 24.0. The Morgan fingerprint density at radius 1 is 0.266 bits per heavy atom. The Labute approximate surface area is 539 Å². The number of aliphatic imine (C=N–C) groups is 2. The first-order valence-corrected chi connectivity index (χ1v) is 31.8. The Kier molecular flexibility index (Phi) is 12.1. The summed E-state index contributed by atoms with van der Waals surface area (Å²) < 4.78 is 9.82. The van der Waals surface area contributed by atoms with Crippen LogP contribution in [0.2, 0.25) is 0 Å². The van der Waals surface area contributed by atoms with E-state index >= 15 is 0 Å². The van der Waals surface area contributed by atoms with E-state index < -0.39 is 0 Å². The van der Waals surface area contributed by atoms with Gasteiger partial charge in [-0.05, 0) is 71.3 Å². The summed E-state index contributed by atoms with van der Waals surface area (Å²) in [6.07, 6.45) is -0.313. The number of rotatable bonds is 10. The monoisotopic (exact) mass is 1200 g/mol. The van der Waals surface area contributed by atoms with E-state index in [0.29, 0.717) is 23.4 Å². The molecule has 5 aromatic heterocycles. The highest BCUT2D eigenvalue weighted by atomic mass is 15.2. The normalized spacial score (nSPS) is 13.4. The first-order valence-electron chi connectivity index (χ1n) is 31.8. The van der Waals surface area contributed by atoms with E-state index in [0.717, 1.165) is 144 Å². The van der Waals surface area contributed by atoms with Gasteiger partial charge in [0.05, 0.1) is 44.1 Å². The maximum atomic E-state index is 5.43. The van der Waals surface area contributed by atoms with E-state index in [9.17, 15) is 0 Å². The summed E-state index contributed by atoms with van der Waals surface area (Å²) in [7, 11) is 0. The fraction of sp³-hybridized carbons (Fsp3) is 0.0119. The molecule has 18 aromatic rings. The third kappa shape index (κ3) is 8.40. The van der Waals surface area contributed by atoms with Crippen LogP contribution in [-0.2, 0) is 0 Å². The van der Waals surface area contributed by atoms with Crippen molar-refractivity contribution in [3.63, 3.8) is 0 Å². The molecule has 0 saturated carbocycles. The summed E-state index contributed by atoms with van der Waals surface area (Å²) in [5.41, 5.74) is 18.6. The zero-order valence-electron chi connectivity index (χ0n) is 50.6. The second kappa shape index (κ2) is 21.4. The average Bonchev–Trinajstić information content (AvgIpc) is 1.52. The molecule has 0 amide bonds. The molecule has 0 saturated heterocycles. The van der Waals surface area contributed by atoms with Crippen molar-refractivity contribution in [1.29, 1.82) is 0 Å². The van der Waals surface area contributed by atoms with Crippen LogP contribution in [0.5, 0.6) is 0 Å². The molecule has 0 aliphatic carbocycles. The molecule has 13 aromatic carbocycles. The molecule has 10 nitrogen and oxygen atoms in total.